The van der Waals surface area contributed by atoms with Crippen LogP contribution in [-0.2, 0) is 42.9 Å². The van der Waals surface area contributed by atoms with Crippen LogP contribution < -0.4 is 5.32 Å². The molecule has 0 spiro atoms. The maximum Gasteiger partial charge on any atom is 0.303 e. The van der Waals surface area contributed by atoms with E-state index in [-0.39, 0.29) is 6.61 Å². The number of thioether (sulfide) groups is 1. The molecule has 0 aliphatic carbocycles. The first-order valence-electron chi connectivity index (χ1n) is 8.65. The van der Waals surface area contributed by atoms with Crippen LogP contribution in [0.15, 0.2) is 5.11 Å². The summed E-state index contributed by atoms with van der Waals surface area (Å²) >= 11 is 0.950. The Kier molecular flexibility index (Phi) is 9.92. The zero-order chi connectivity index (χ0) is 22.8. The maximum absolute atomic E-state index is 12.1. The number of carbonyl (C=O) groups is 5. The number of esters is 4. The van der Waals surface area contributed by atoms with E-state index in [0.717, 1.165) is 32.5 Å². The molecule has 1 saturated heterocycles. The molecule has 0 saturated carbocycles. The van der Waals surface area contributed by atoms with Gasteiger partial charge in [-0.15, -0.1) is 11.8 Å². The van der Waals surface area contributed by atoms with Gasteiger partial charge in [0.25, 0.3) is 0 Å². The van der Waals surface area contributed by atoms with Crippen molar-refractivity contribution in [3.63, 3.8) is 0 Å². The third-order valence-electron chi connectivity index (χ3n) is 3.59. The molecule has 1 aliphatic rings. The fraction of sp³-hybridized carbons (Fsp3) is 0.688. The summed E-state index contributed by atoms with van der Waals surface area (Å²) in [5.41, 5.74) is 7.29. The van der Waals surface area contributed by atoms with Gasteiger partial charge in [-0.2, -0.15) is 0 Å². The van der Waals surface area contributed by atoms with Gasteiger partial charge in [-0.05, 0) is 5.53 Å². The molecule has 0 radical (unpaired) electrons. The molecule has 5 atom stereocenters. The lowest BCUT2D eigenvalue weighted by atomic mass is 10.0. The molecular weight excluding hydrogens is 424 g/mol. The van der Waals surface area contributed by atoms with Crippen LogP contribution in [0.5, 0.6) is 0 Å². The number of nitrogens with zero attached hydrogens (tertiary/aromatic N) is 3. The highest BCUT2D eigenvalue weighted by molar-refractivity contribution is 8.00. The molecule has 1 rings (SSSR count). The van der Waals surface area contributed by atoms with Crippen LogP contribution in [0.3, 0.4) is 0 Å². The van der Waals surface area contributed by atoms with E-state index < -0.39 is 65.3 Å². The van der Waals surface area contributed by atoms with Gasteiger partial charge in [-0.3, -0.25) is 24.0 Å². The fourth-order valence-corrected chi connectivity index (χ4v) is 4.09. The van der Waals surface area contributed by atoms with Crippen molar-refractivity contribution < 1.29 is 42.9 Å². The molecule has 0 unspecified atom stereocenters. The maximum atomic E-state index is 12.1. The van der Waals surface area contributed by atoms with Gasteiger partial charge in [-0.1, -0.05) is 5.11 Å². The van der Waals surface area contributed by atoms with Crippen molar-refractivity contribution in [3.8, 4) is 0 Å². The van der Waals surface area contributed by atoms with E-state index in [2.05, 4.69) is 15.3 Å². The van der Waals surface area contributed by atoms with E-state index in [1.165, 1.54) is 6.92 Å². The third kappa shape index (κ3) is 8.17. The Balaban J connectivity index is 3.33. The predicted octanol–water partition coefficient (Wildman–Crippen LogP) is 0.213. The number of hydrogen-bond donors (Lipinski definition) is 1. The Morgan fingerprint density at radius 1 is 0.933 bits per heavy atom. The molecule has 0 aromatic carbocycles. The zero-order valence-corrected chi connectivity index (χ0v) is 17.5. The molecular formula is C16H22N4O9S. The van der Waals surface area contributed by atoms with Crippen molar-refractivity contribution in [3.05, 3.63) is 10.4 Å². The highest BCUT2D eigenvalue weighted by Gasteiger charge is 2.51. The summed E-state index contributed by atoms with van der Waals surface area (Å²) in [6, 6.07) is -1.15. The van der Waals surface area contributed by atoms with Gasteiger partial charge in [0.15, 0.2) is 17.6 Å². The van der Waals surface area contributed by atoms with Gasteiger partial charge in [0.1, 0.15) is 19.2 Å². The van der Waals surface area contributed by atoms with Gasteiger partial charge in [0.05, 0.1) is 5.25 Å². The number of nitrogens with one attached hydrogen (secondary N) is 1. The first kappa shape index (κ1) is 25.0. The minimum atomic E-state index is -1.28. The Morgan fingerprint density at radius 3 is 2.00 bits per heavy atom. The van der Waals surface area contributed by atoms with Crippen LogP contribution in [-0.4, -0.2) is 71.9 Å². The minimum absolute atomic E-state index is 0.243. The molecule has 14 heteroatoms. The summed E-state index contributed by atoms with van der Waals surface area (Å²) < 4.78 is 20.8. The summed E-state index contributed by atoms with van der Waals surface area (Å²) in [7, 11) is 0. The normalized spacial score (nSPS) is 25.1. The van der Waals surface area contributed by atoms with Crippen molar-refractivity contribution in [2.24, 2.45) is 5.11 Å². The zero-order valence-electron chi connectivity index (χ0n) is 16.7. The van der Waals surface area contributed by atoms with Crippen LogP contribution in [0.25, 0.3) is 10.4 Å². The van der Waals surface area contributed by atoms with Gasteiger partial charge in [-0.25, -0.2) is 0 Å². The largest absolute Gasteiger partial charge is 0.465 e. The topological polar surface area (TPSA) is 183 Å². The smallest absolute Gasteiger partial charge is 0.303 e. The van der Waals surface area contributed by atoms with E-state index in [4.69, 9.17) is 24.5 Å². The number of ether oxygens (including phenoxy) is 4. The van der Waals surface area contributed by atoms with E-state index >= 15 is 0 Å². The number of amides is 1. The summed E-state index contributed by atoms with van der Waals surface area (Å²) in [6.07, 6.45) is -2.43. The van der Waals surface area contributed by atoms with Crippen molar-refractivity contribution in [2.45, 2.75) is 56.6 Å². The number of carbonyl (C=O) groups excluding carboxylic acids is 5. The van der Waals surface area contributed by atoms with Gasteiger partial charge >= 0.3 is 23.9 Å². The summed E-state index contributed by atoms with van der Waals surface area (Å²) in [5, 5.41) is 4.84. The highest BCUT2D eigenvalue weighted by Crippen LogP contribution is 2.37. The minimum Gasteiger partial charge on any atom is -0.465 e. The Morgan fingerprint density at radius 2 is 1.50 bits per heavy atom. The SMILES string of the molecule is CC(=O)OC[C@H]1S[C@H](OC(C)=O)[C@H](NC(=O)CN=[N+]=[N-])[C@@H](OC(C)=O)[C@@H]1OC(C)=O. The van der Waals surface area contributed by atoms with E-state index in [1.54, 1.807) is 0 Å². The lowest BCUT2D eigenvalue weighted by Crippen LogP contribution is -2.63. The summed E-state index contributed by atoms with van der Waals surface area (Å²) in [4.78, 5) is 60.8. The first-order valence-corrected chi connectivity index (χ1v) is 9.60. The van der Waals surface area contributed by atoms with Crippen molar-refractivity contribution in [2.75, 3.05) is 13.2 Å². The van der Waals surface area contributed by atoms with E-state index in [1.807, 2.05) is 0 Å². The second-order valence-electron chi connectivity index (χ2n) is 6.09. The van der Waals surface area contributed by atoms with Gasteiger partial charge < -0.3 is 24.3 Å². The lowest BCUT2D eigenvalue weighted by Gasteiger charge is -2.44. The monoisotopic (exact) mass is 446 g/mol. The molecule has 30 heavy (non-hydrogen) atoms. The molecule has 1 N–H and O–H groups in total. The summed E-state index contributed by atoms with van der Waals surface area (Å²) in [5.74, 6) is -3.51. The number of rotatable bonds is 8. The average molecular weight is 446 g/mol. The van der Waals surface area contributed by atoms with Crippen LogP contribution in [0.2, 0.25) is 0 Å². The number of azide groups is 1. The molecule has 13 nitrogen and oxygen atoms in total. The van der Waals surface area contributed by atoms with Crippen molar-refractivity contribution in [1.82, 2.24) is 5.32 Å². The summed E-state index contributed by atoms with van der Waals surface area (Å²) in [6.45, 7) is 3.75. The molecule has 1 heterocycles. The Bertz CT molecular complexity index is 740. The highest BCUT2D eigenvalue weighted by atomic mass is 32.2. The lowest BCUT2D eigenvalue weighted by molar-refractivity contribution is -0.175. The van der Waals surface area contributed by atoms with E-state index in [9.17, 15) is 24.0 Å². The average Bonchev–Trinajstić information content (AvgIpc) is 2.62. The predicted molar refractivity (Wildman–Crippen MR) is 101 cm³/mol. The molecule has 1 aliphatic heterocycles. The third-order valence-corrected chi connectivity index (χ3v) is 5.00. The molecule has 1 fully saturated rings. The quantitative estimate of drug-likeness (QED) is 0.178. The van der Waals surface area contributed by atoms with Gasteiger partial charge in [0.2, 0.25) is 5.91 Å². The Hall–Kier alpha value is -2.99. The van der Waals surface area contributed by atoms with Gasteiger partial charge in [0, 0.05) is 32.6 Å². The Labute approximate surface area is 175 Å². The van der Waals surface area contributed by atoms with Crippen LogP contribution >= 0.6 is 11.8 Å². The number of hydrogen-bond acceptors (Lipinski definition) is 11. The molecule has 0 aromatic rings. The molecule has 0 bridgehead atoms. The second-order valence-corrected chi connectivity index (χ2v) is 7.43. The standard InChI is InChI=1S/C16H22N4O9S/c1-7(21)26-6-11-14(27-8(2)22)15(28-9(3)23)13(16(30-11)29-10(4)24)19-12(25)5-18-20-17/h11,13-16H,5-6H2,1-4H3,(H,19,25)/t11-,13-,14-,15-,16+/m1/s1. The van der Waals surface area contributed by atoms with Crippen molar-refractivity contribution >= 4 is 41.5 Å². The van der Waals surface area contributed by atoms with Crippen LogP contribution in [0.4, 0.5) is 0 Å². The molecule has 166 valence electrons. The fourth-order valence-electron chi connectivity index (χ4n) is 2.65. The van der Waals surface area contributed by atoms with Crippen LogP contribution in [0.1, 0.15) is 27.7 Å². The first-order chi connectivity index (χ1) is 14.0. The van der Waals surface area contributed by atoms with E-state index in [0.29, 0.717) is 0 Å². The van der Waals surface area contributed by atoms with Crippen molar-refractivity contribution in [1.29, 1.82) is 0 Å². The molecule has 1 amide bonds. The van der Waals surface area contributed by atoms with Crippen LogP contribution in [0, 0.1) is 0 Å². The second kappa shape index (κ2) is 11.9. The molecule has 0 aromatic heterocycles.